The Bertz CT molecular complexity index is 1050. The van der Waals surface area contributed by atoms with Crippen LogP contribution in [-0.2, 0) is 19.9 Å². The van der Waals surface area contributed by atoms with Gasteiger partial charge in [-0.1, -0.05) is 36.4 Å². The van der Waals surface area contributed by atoms with Crippen molar-refractivity contribution >= 4 is 28.6 Å². The molecule has 8 nitrogen and oxygen atoms in total. The third-order valence-electron chi connectivity index (χ3n) is 6.49. The van der Waals surface area contributed by atoms with Gasteiger partial charge in [-0.25, -0.2) is 4.79 Å². The fraction of sp³-hybridized carbons (Fsp3) is 0.458. The molecule has 0 aliphatic carbocycles. The summed E-state index contributed by atoms with van der Waals surface area (Å²) in [7, 11) is 0. The Kier molecular flexibility index (Phi) is 5.92. The zero-order valence-corrected chi connectivity index (χ0v) is 18.8. The van der Waals surface area contributed by atoms with E-state index in [0.29, 0.717) is 25.3 Å². The number of carbonyl (C=O) groups is 3. The molecule has 2 aromatic rings. The molecular formula is C24H30N4O4. The first kappa shape index (κ1) is 22.2. The molecular weight excluding hydrogens is 408 g/mol. The number of hydrogen-bond acceptors (Lipinski definition) is 5. The van der Waals surface area contributed by atoms with Crippen molar-refractivity contribution < 1.29 is 19.1 Å². The topological polar surface area (TPSA) is 91.0 Å². The zero-order chi connectivity index (χ0) is 22.9. The van der Waals surface area contributed by atoms with Crippen LogP contribution in [0.3, 0.4) is 0 Å². The Hall–Kier alpha value is -2.97. The SMILES string of the molecule is CC(C)(CNC(=O)CN1C(=O)N[C@](C)(c2ccc3ccccc3c2)C1=O)N1CCOCC1. The number of carbonyl (C=O) groups excluding carboxylic acids is 3. The van der Waals surface area contributed by atoms with Crippen LogP contribution >= 0.6 is 0 Å². The van der Waals surface area contributed by atoms with Crippen LogP contribution in [0, 0.1) is 0 Å². The molecule has 0 radical (unpaired) electrons. The monoisotopic (exact) mass is 438 g/mol. The van der Waals surface area contributed by atoms with E-state index in [1.165, 1.54) is 0 Å². The van der Waals surface area contributed by atoms with Crippen LogP contribution in [0.1, 0.15) is 26.3 Å². The minimum atomic E-state index is -1.21. The molecule has 2 saturated heterocycles. The van der Waals surface area contributed by atoms with E-state index in [0.717, 1.165) is 28.8 Å². The van der Waals surface area contributed by atoms with Crippen molar-refractivity contribution in [1.29, 1.82) is 0 Å². The van der Waals surface area contributed by atoms with Gasteiger partial charge in [-0.05, 0) is 43.2 Å². The van der Waals surface area contributed by atoms with Gasteiger partial charge in [0.2, 0.25) is 5.91 Å². The number of benzene rings is 2. The van der Waals surface area contributed by atoms with Gasteiger partial charge < -0.3 is 15.4 Å². The van der Waals surface area contributed by atoms with E-state index in [9.17, 15) is 14.4 Å². The maximum absolute atomic E-state index is 13.2. The predicted octanol–water partition coefficient (Wildman–Crippen LogP) is 1.83. The summed E-state index contributed by atoms with van der Waals surface area (Å²) < 4.78 is 5.39. The van der Waals surface area contributed by atoms with Gasteiger partial charge in [-0.15, -0.1) is 0 Å². The molecule has 0 saturated carbocycles. The summed E-state index contributed by atoms with van der Waals surface area (Å²) in [5, 5.41) is 7.69. The number of hydrogen-bond donors (Lipinski definition) is 2. The number of nitrogens with zero attached hydrogens (tertiary/aromatic N) is 2. The molecule has 2 aliphatic rings. The number of rotatable bonds is 6. The van der Waals surface area contributed by atoms with Crippen LogP contribution in [0.25, 0.3) is 10.8 Å². The van der Waals surface area contributed by atoms with Crippen LogP contribution in [0.2, 0.25) is 0 Å². The minimum absolute atomic E-state index is 0.254. The van der Waals surface area contributed by atoms with Crippen molar-refractivity contribution in [2.24, 2.45) is 0 Å². The first-order valence-corrected chi connectivity index (χ1v) is 10.9. The molecule has 8 heteroatoms. The Morgan fingerprint density at radius 1 is 1.12 bits per heavy atom. The van der Waals surface area contributed by atoms with Gasteiger partial charge in [0.15, 0.2) is 0 Å². The lowest BCUT2D eigenvalue weighted by Crippen LogP contribution is -2.56. The molecule has 0 aromatic heterocycles. The van der Waals surface area contributed by atoms with E-state index in [1.807, 2.05) is 42.5 Å². The van der Waals surface area contributed by atoms with Gasteiger partial charge in [-0.3, -0.25) is 19.4 Å². The Labute approximate surface area is 187 Å². The molecule has 0 spiro atoms. The average molecular weight is 439 g/mol. The summed E-state index contributed by atoms with van der Waals surface area (Å²) in [6.45, 7) is 8.85. The van der Waals surface area contributed by atoms with E-state index in [4.69, 9.17) is 4.74 Å². The fourth-order valence-electron chi connectivity index (χ4n) is 4.33. The van der Waals surface area contributed by atoms with E-state index in [1.54, 1.807) is 6.92 Å². The lowest BCUT2D eigenvalue weighted by Gasteiger charge is -2.40. The van der Waals surface area contributed by atoms with Crippen molar-refractivity contribution in [2.45, 2.75) is 31.8 Å². The number of fused-ring (bicyclic) bond motifs is 1. The summed E-state index contributed by atoms with van der Waals surface area (Å²) in [6, 6.07) is 12.9. The smallest absolute Gasteiger partial charge is 0.325 e. The third-order valence-corrected chi connectivity index (χ3v) is 6.49. The van der Waals surface area contributed by atoms with Crippen LogP contribution in [0.4, 0.5) is 4.79 Å². The van der Waals surface area contributed by atoms with Gasteiger partial charge in [0.25, 0.3) is 5.91 Å². The largest absolute Gasteiger partial charge is 0.379 e. The van der Waals surface area contributed by atoms with Crippen LogP contribution in [-0.4, -0.2) is 72.6 Å². The summed E-state index contributed by atoms with van der Waals surface area (Å²) in [6.07, 6.45) is 0. The number of urea groups is 1. The van der Waals surface area contributed by atoms with E-state index in [2.05, 4.69) is 29.4 Å². The van der Waals surface area contributed by atoms with E-state index >= 15 is 0 Å². The predicted molar refractivity (Wildman–Crippen MR) is 121 cm³/mol. The van der Waals surface area contributed by atoms with Crippen molar-refractivity contribution in [2.75, 3.05) is 39.4 Å². The highest BCUT2D eigenvalue weighted by Gasteiger charge is 2.49. The lowest BCUT2D eigenvalue weighted by molar-refractivity contribution is -0.135. The second kappa shape index (κ2) is 8.52. The fourth-order valence-corrected chi connectivity index (χ4v) is 4.33. The van der Waals surface area contributed by atoms with Crippen molar-refractivity contribution in [3.8, 4) is 0 Å². The summed E-state index contributed by atoms with van der Waals surface area (Å²) >= 11 is 0. The van der Waals surface area contributed by atoms with Crippen LogP contribution in [0.5, 0.6) is 0 Å². The Morgan fingerprint density at radius 2 is 1.81 bits per heavy atom. The lowest BCUT2D eigenvalue weighted by atomic mass is 9.90. The molecule has 4 amide bonds. The van der Waals surface area contributed by atoms with Crippen molar-refractivity contribution in [3.63, 3.8) is 0 Å². The number of morpholine rings is 1. The molecule has 1 atom stereocenters. The molecule has 4 rings (SSSR count). The van der Waals surface area contributed by atoms with E-state index < -0.39 is 17.5 Å². The molecule has 32 heavy (non-hydrogen) atoms. The van der Waals surface area contributed by atoms with Gasteiger partial charge in [0, 0.05) is 25.2 Å². The van der Waals surface area contributed by atoms with Crippen molar-refractivity contribution in [3.05, 3.63) is 48.0 Å². The van der Waals surface area contributed by atoms with Gasteiger partial charge in [0.05, 0.1) is 13.2 Å². The number of amides is 4. The summed E-state index contributed by atoms with van der Waals surface area (Å²) in [4.78, 5) is 41.7. The maximum Gasteiger partial charge on any atom is 0.325 e. The molecule has 2 heterocycles. The van der Waals surface area contributed by atoms with Gasteiger partial charge in [-0.2, -0.15) is 0 Å². The van der Waals surface area contributed by atoms with Gasteiger partial charge >= 0.3 is 6.03 Å². The first-order chi connectivity index (χ1) is 15.2. The number of nitrogens with one attached hydrogen (secondary N) is 2. The maximum atomic E-state index is 13.2. The van der Waals surface area contributed by atoms with Crippen LogP contribution < -0.4 is 10.6 Å². The molecule has 2 aromatic carbocycles. The molecule has 0 bridgehead atoms. The number of ether oxygens (including phenoxy) is 1. The van der Waals surface area contributed by atoms with Crippen LogP contribution in [0.15, 0.2) is 42.5 Å². The molecule has 2 fully saturated rings. The Balaban J connectivity index is 1.42. The molecule has 170 valence electrons. The van der Waals surface area contributed by atoms with Crippen molar-refractivity contribution in [1.82, 2.24) is 20.4 Å². The van der Waals surface area contributed by atoms with E-state index in [-0.39, 0.29) is 18.0 Å². The third kappa shape index (κ3) is 4.20. The summed E-state index contributed by atoms with van der Waals surface area (Å²) in [5.41, 5.74) is -0.781. The Morgan fingerprint density at radius 3 is 2.53 bits per heavy atom. The summed E-state index contributed by atoms with van der Waals surface area (Å²) in [5.74, 6) is -0.794. The first-order valence-electron chi connectivity index (χ1n) is 10.9. The minimum Gasteiger partial charge on any atom is -0.379 e. The van der Waals surface area contributed by atoms with Gasteiger partial charge in [0.1, 0.15) is 12.1 Å². The normalized spacial score (nSPS) is 22.3. The second-order valence-electron chi connectivity index (χ2n) is 9.20. The number of imide groups is 1. The highest BCUT2D eigenvalue weighted by Crippen LogP contribution is 2.31. The molecule has 0 unspecified atom stereocenters. The molecule has 2 N–H and O–H groups in total. The quantitative estimate of drug-likeness (QED) is 0.672. The second-order valence-corrected chi connectivity index (χ2v) is 9.20. The highest BCUT2D eigenvalue weighted by atomic mass is 16.5. The highest BCUT2D eigenvalue weighted by molar-refractivity contribution is 6.09. The average Bonchev–Trinajstić information content (AvgIpc) is 3.02. The standard InChI is InChI=1S/C24H30N4O4/c1-23(2,27-10-12-32-13-11-27)16-25-20(29)15-28-21(30)24(3,26-22(28)31)19-9-8-17-6-4-5-7-18(17)14-19/h4-9,14H,10-13,15-16H2,1-3H3,(H,25,29)(H,26,31)/t24-/m1/s1. The molecule has 2 aliphatic heterocycles. The zero-order valence-electron chi connectivity index (χ0n) is 18.8.